The largest absolute Gasteiger partial charge is 0.372 e. The Morgan fingerprint density at radius 1 is 0.489 bits per heavy atom. The summed E-state index contributed by atoms with van der Waals surface area (Å²) in [6, 6.07) is 48.0. The maximum absolute atomic E-state index is 5.44. The first-order valence-corrected chi connectivity index (χ1v) is 15.7. The minimum absolute atomic E-state index is 0. The zero-order chi connectivity index (χ0) is 30.2. The first-order valence-electron chi connectivity index (χ1n) is 15.7. The predicted molar refractivity (Wildman–Crippen MR) is 195 cm³/mol. The minimum atomic E-state index is -0.170. The lowest BCUT2D eigenvalue weighted by atomic mass is 9.89. The van der Waals surface area contributed by atoms with Gasteiger partial charge in [0, 0.05) is 11.3 Å². The number of aromatic nitrogens is 1. The van der Waals surface area contributed by atoms with Crippen molar-refractivity contribution >= 4 is 38.0 Å². The molecule has 1 N–H and O–H groups in total. The van der Waals surface area contributed by atoms with Crippen molar-refractivity contribution in [3.8, 4) is 11.3 Å². The Morgan fingerprint density at radius 2 is 1.04 bits per heavy atom. The molecule has 7 rings (SSSR count). The standard InChI is InChI=1S/C42H38N2.CH4/c1-27(2)31-21-12-22-32(28(3)4)41(31)44-42(38-26-30-15-6-8-18-34(30)35-19-9-10-20-36(35)38)40-25-13-24-39(43-40)37-23-11-16-29-14-5-7-17-33(29)37;/h5-28,42,44H,1-4H3;1H4. The summed E-state index contributed by atoms with van der Waals surface area (Å²) in [4.78, 5) is 5.44. The molecular formula is C43H42N2. The fourth-order valence-corrected chi connectivity index (χ4v) is 6.71. The van der Waals surface area contributed by atoms with Crippen LogP contribution in [-0.4, -0.2) is 4.98 Å². The van der Waals surface area contributed by atoms with E-state index in [1.807, 2.05) is 0 Å². The number of nitrogens with one attached hydrogen (secondary N) is 1. The Bertz CT molecular complexity index is 2090. The Balaban J connectivity index is 0.00000357. The van der Waals surface area contributed by atoms with Gasteiger partial charge in [0.05, 0.1) is 17.4 Å². The molecular weight excluding hydrogens is 544 g/mol. The molecule has 0 aliphatic heterocycles. The van der Waals surface area contributed by atoms with Crippen molar-refractivity contribution in [2.24, 2.45) is 0 Å². The molecule has 0 bridgehead atoms. The number of benzene rings is 6. The van der Waals surface area contributed by atoms with Crippen molar-refractivity contribution in [1.29, 1.82) is 0 Å². The quantitative estimate of drug-likeness (QED) is 0.188. The Kier molecular flexibility index (Phi) is 8.41. The summed E-state index contributed by atoms with van der Waals surface area (Å²) in [5, 5.41) is 11.6. The van der Waals surface area contributed by atoms with Gasteiger partial charge in [-0.25, -0.2) is 0 Å². The smallest absolute Gasteiger partial charge is 0.0946 e. The number of hydrogen-bond donors (Lipinski definition) is 1. The highest BCUT2D eigenvalue weighted by Gasteiger charge is 2.24. The van der Waals surface area contributed by atoms with Crippen LogP contribution < -0.4 is 5.32 Å². The second-order valence-electron chi connectivity index (χ2n) is 12.4. The van der Waals surface area contributed by atoms with Gasteiger partial charge in [0.15, 0.2) is 0 Å². The molecule has 0 aliphatic rings. The van der Waals surface area contributed by atoms with Gasteiger partial charge in [0.1, 0.15) is 0 Å². The van der Waals surface area contributed by atoms with Gasteiger partial charge in [-0.05, 0) is 79.0 Å². The van der Waals surface area contributed by atoms with Gasteiger partial charge in [0.2, 0.25) is 0 Å². The lowest BCUT2D eigenvalue weighted by Gasteiger charge is -2.28. The normalized spacial score (nSPS) is 12.1. The monoisotopic (exact) mass is 586 g/mol. The van der Waals surface area contributed by atoms with E-state index in [1.165, 1.54) is 54.7 Å². The maximum Gasteiger partial charge on any atom is 0.0946 e. The summed E-state index contributed by atoms with van der Waals surface area (Å²) >= 11 is 0. The molecule has 7 aromatic rings. The zero-order valence-corrected chi connectivity index (χ0v) is 25.9. The molecule has 6 aromatic carbocycles. The average Bonchev–Trinajstić information content (AvgIpc) is 3.06. The second kappa shape index (κ2) is 12.6. The minimum Gasteiger partial charge on any atom is -0.372 e. The third-order valence-electron chi connectivity index (χ3n) is 8.90. The van der Waals surface area contributed by atoms with Crippen molar-refractivity contribution in [2.75, 3.05) is 5.32 Å². The van der Waals surface area contributed by atoms with Crippen molar-refractivity contribution in [3.05, 3.63) is 156 Å². The van der Waals surface area contributed by atoms with Crippen LogP contribution >= 0.6 is 0 Å². The van der Waals surface area contributed by atoms with Gasteiger partial charge in [-0.2, -0.15) is 0 Å². The molecule has 0 fully saturated rings. The number of fused-ring (bicyclic) bond motifs is 4. The van der Waals surface area contributed by atoms with Crippen LogP contribution in [0.15, 0.2) is 133 Å². The fraction of sp³-hybridized carbons (Fsp3) is 0.186. The lowest BCUT2D eigenvalue weighted by Crippen LogP contribution is -2.18. The van der Waals surface area contributed by atoms with Crippen LogP contribution in [0, 0.1) is 0 Å². The fourth-order valence-electron chi connectivity index (χ4n) is 6.71. The summed E-state index contributed by atoms with van der Waals surface area (Å²) in [6.45, 7) is 9.13. The molecule has 2 nitrogen and oxygen atoms in total. The van der Waals surface area contributed by atoms with E-state index in [9.17, 15) is 0 Å². The first-order chi connectivity index (χ1) is 21.5. The predicted octanol–water partition coefficient (Wildman–Crippen LogP) is 12.3. The van der Waals surface area contributed by atoms with Crippen molar-refractivity contribution < 1.29 is 0 Å². The lowest BCUT2D eigenvalue weighted by molar-refractivity contribution is 0.816. The van der Waals surface area contributed by atoms with E-state index in [2.05, 4.69) is 166 Å². The number of nitrogens with zero attached hydrogens (tertiary/aromatic N) is 1. The number of rotatable bonds is 7. The molecule has 0 amide bonds. The summed E-state index contributed by atoms with van der Waals surface area (Å²) in [7, 11) is 0. The number of para-hydroxylation sites is 1. The highest BCUT2D eigenvalue weighted by Crippen LogP contribution is 2.40. The van der Waals surface area contributed by atoms with E-state index in [1.54, 1.807) is 0 Å². The van der Waals surface area contributed by atoms with Crippen LogP contribution in [0.3, 0.4) is 0 Å². The molecule has 1 aromatic heterocycles. The van der Waals surface area contributed by atoms with E-state index >= 15 is 0 Å². The van der Waals surface area contributed by atoms with E-state index in [4.69, 9.17) is 4.98 Å². The van der Waals surface area contributed by atoms with Crippen molar-refractivity contribution in [3.63, 3.8) is 0 Å². The van der Waals surface area contributed by atoms with Crippen molar-refractivity contribution in [2.45, 2.75) is 53.0 Å². The first kappa shape index (κ1) is 30.1. The molecule has 45 heavy (non-hydrogen) atoms. The van der Waals surface area contributed by atoms with Gasteiger partial charge in [0.25, 0.3) is 0 Å². The number of pyridine rings is 1. The van der Waals surface area contributed by atoms with E-state index in [0.29, 0.717) is 11.8 Å². The number of anilines is 1. The van der Waals surface area contributed by atoms with Gasteiger partial charge < -0.3 is 5.32 Å². The average molecular weight is 587 g/mol. The van der Waals surface area contributed by atoms with Gasteiger partial charge >= 0.3 is 0 Å². The molecule has 0 saturated carbocycles. The molecule has 0 saturated heterocycles. The molecule has 1 heterocycles. The SMILES string of the molecule is C.CC(C)c1cccc(C(C)C)c1NC(c1cccc(-c2cccc3ccccc23)n1)c1cc2ccccc2c2ccccc12. The van der Waals surface area contributed by atoms with Gasteiger partial charge in [-0.1, -0.05) is 150 Å². The van der Waals surface area contributed by atoms with Gasteiger partial charge in [-0.15, -0.1) is 0 Å². The summed E-state index contributed by atoms with van der Waals surface area (Å²) in [6.07, 6.45) is 0. The molecule has 224 valence electrons. The number of hydrogen-bond acceptors (Lipinski definition) is 2. The molecule has 0 radical (unpaired) electrons. The highest BCUT2D eigenvalue weighted by atomic mass is 15.0. The molecule has 0 spiro atoms. The summed E-state index contributed by atoms with van der Waals surface area (Å²) < 4.78 is 0. The molecule has 1 unspecified atom stereocenters. The summed E-state index contributed by atoms with van der Waals surface area (Å²) in [5.74, 6) is 0.750. The van der Waals surface area contributed by atoms with Crippen LogP contribution in [0.2, 0.25) is 0 Å². The Hall–Kier alpha value is -4.95. The van der Waals surface area contributed by atoms with Gasteiger partial charge in [-0.3, -0.25) is 4.98 Å². The van der Waals surface area contributed by atoms with Crippen molar-refractivity contribution in [1.82, 2.24) is 4.98 Å². The highest BCUT2D eigenvalue weighted by molar-refractivity contribution is 6.09. The topological polar surface area (TPSA) is 24.9 Å². The van der Waals surface area contributed by atoms with Crippen LogP contribution in [0.4, 0.5) is 5.69 Å². The van der Waals surface area contributed by atoms with Crippen LogP contribution in [-0.2, 0) is 0 Å². The third kappa shape index (κ3) is 5.58. The van der Waals surface area contributed by atoms with E-state index in [-0.39, 0.29) is 13.5 Å². The molecule has 0 aliphatic carbocycles. The molecule has 2 heteroatoms. The maximum atomic E-state index is 5.44. The summed E-state index contributed by atoms with van der Waals surface area (Å²) in [5.41, 5.74) is 8.25. The third-order valence-corrected chi connectivity index (χ3v) is 8.90. The van der Waals surface area contributed by atoms with Crippen LogP contribution in [0.5, 0.6) is 0 Å². The second-order valence-corrected chi connectivity index (χ2v) is 12.4. The Morgan fingerprint density at radius 3 is 1.76 bits per heavy atom. The van der Waals surface area contributed by atoms with Crippen LogP contribution in [0.25, 0.3) is 43.6 Å². The zero-order valence-electron chi connectivity index (χ0n) is 25.9. The van der Waals surface area contributed by atoms with Crippen LogP contribution in [0.1, 0.15) is 75.4 Å². The Labute approximate surface area is 267 Å². The van der Waals surface area contributed by atoms with E-state index < -0.39 is 0 Å². The van der Waals surface area contributed by atoms with E-state index in [0.717, 1.165) is 17.0 Å². The molecule has 1 atom stereocenters.